The van der Waals surface area contributed by atoms with E-state index < -0.39 is 22.1 Å². The quantitative estimate of drug-likeness (QED) is 0.102. The molecule has 2 saturated carbocycles. The molecule has 7 heteroatoms. The topological polar surface area (TPSA) is 71.1 Å². The van der Waals surface area contributed by atoms with E-state index in [0.717, 1.165) is 66.1 Å². The fourth-order valence-corrected chi connectivity index (χ4v) is 10.7. The van der Waals surface area contributed by atoms with Gasteiger partial charge in [-0.2, -0.15) is 0 Å². The summed E-state index contributed by atoms with van der Waals surface area (Å²) in [5.41, 5.74) is -0.840. The minimum Gasteiger partial charge on any atom is -0.482 e. The van der Waals surface area contributed by atoms with E-state index in [9.17, 15) is 9.59 Å². The zero-order valence-electron chi connectivity index (χ0n) is 31.3. The normalized spacial score (nSPS) is 16.1. The molecular formula is C44H59O6S+. The second-order valence-corrected chi connectivity index (χ2v) is 16.3. The van der Waals surface area contributed by atoms with Crippen LogP contribution in [0.2, 0.25) is 0 Å². The number of carbonyl (C=O) groups is 2. The third kappa shape index (κ3) is 9.91. The molecule has 0 amide bonds. The van der Waals surface area contributed by atoms with Crippen LogP contribution in [0, 0.1) is 11.8 Å². The molecule has 0 radical (unpaired) electrons. The van der Waals surface area contributed by atoms with Crippen molar-refractivity contribution in [3.8, 4) is 11.5 Å². The van der Waals surface area contributed by atoms with E-state index >= 15 is 0 Å². The summed E-state index contributed by atoms with van der Waals surface area (Å²) in [4.78, 5) is 29.6. The Morgan fingerprint density at radius 3 is 1.33 bits per heavy atom. The van der Waals surface area contributed by atoms with E-state index in [-0.39, 0.29) is 25.2 Å². The van der Waals surface area contributed by atoms with Gasteiger partial charge in [-0.25, -0.2) is 9.59 Å². The Morgan fingerprint density at radius 1 is 0.549 bits per heavy atom. The van der Waals surface area contributed by atoms with Crippen LogP contribution in [0.4, 0.5) is 0 Å². The zero-order valence-corrected chi connectivity index (χ0v) is 32.1. The Balaban J connectivity index is 1.28. The van der Waals surface area contributed by atoms with E-state index in [1.54, 1.807) is 0 Å². The molecule has 0 N–H and O–H groups in total. The maximum Gasteiger partial charge on any atom is 0.344 e. The summed E-state index contributed by atoms with van der Waals surface area (Å²) in [5, 5.41) is 0. The van der Waals surface area contributed by atoms with E-state index in [0.29, 0.717) is 23.3 Å². The summed E-state index contributed by atoms with van der Waals surface area (Å²) in [6, 6.07) is 26.3. The van der Waals surface area contributed by atoms with Crippen LogP contribution >= 0.6 is 0 Å². The van der Waals surface area contributed by atoms with Gasteiger partial charge in [-0.1, -0.05) is 96.6 Å². The molecule has 0 aromatic heterocycles. The maximum absolute atomic E-state index is 13.2. The molecule has 2 fully saturated rings. The lowest BCUT2D eigenvalue weighted by Gasteiger charge is -2.41. The number of rotatable bonds is 17. The highest BCUT2D eigenvalue weighted by molar-refractivity contribution is 7.97. The summed E-state index contributed by atoms with van der Waals surface area (Å²) < 4.78 is 24.7. The van der Waals surface area contributed by atoms with Gasteiger partial charge in [0.05, 0.1) is 10.9 Å². The number of esters is 2. The van der Waals surface area contributed by atoms with Crippen molar-refractivity contribution in [1.29, 1.82) is 0 Å². The van der Waals surface area contributed by atoms with E-state index in [4.69, 9.17) is 18.9 Å². The highest BCUT2D eigenvalue weighted by Crippen LogP contribution is 2.41. The Morgan fingerprint density at radius 2 is 0.941 bits per heavy atom. The van der Waals surface area contributed by atoms with Crippen LogP contribution in [0.5, 0.6) is 11.5 Å². The van der Waals surface area contributed by atoms with Crippen molar-refractivity contribution in [1.82, 2.24) is 0 Å². The number of benzene rings is 3. The lowest BCUT2D eigenvalue weighted by Crippen LogP contribution is -2.43. The molecule has 2 aliphatic rings. The van der Waals surface area contributed by atoms with Gasteiger partial charge < -0.3 is 18.9 Å². The molecule has 3 aromatic carbocycles. The van der Waals surface area contributed by atoms with Crippen LogP contribution in [0.15, 0.2) is 93.5 Å². The predicted octanol–water partition coefficient (Wildman–Crippen LogP) is 10.9. The first-order valence-corrected chi connectivity index (χ1v) is 20.8. The van der Waals surface area contributed by atoms with E-state index in [2.05, 4.69) is 52.0 Å². The van der Waals surface area contributed by atoms with Gasteiger partial charge in [-0.3, -0.25) is 0 Å². The molecule has 0 aliphatic heterocycles. The highest BCUT2D eigenvalue weighted by Gasteiger charge is 2.41. The second-order valence-electron chi connectivity index (χ2n) is 14.3. The van der Waals surface area contributed by atoms with Crippen molar-refractivity contribution >= 4 is 22.8 Å². The summed E-state index contributed by atoms with van der Waals surface area (Å²) in [5.74, 6) is 1.45. The van der Waals surface area contributed by atoms with Gasteiger partial charge in [0.1, 0.15) is 22.7 Å². The van der Waals surface area contributed by atoms with Gasteiger partial charge in [0.15, 0.2) is 27.9 Å². The molecule has 0 spiro atoms. The number of ether oxygens (including phenoxy) is 4. The van der Waals surface area contributed by atoms with Gasteiger partial charge in [0.2, 0.25) is 0 Å². The highest BCUT2D eigenvalue weighted by atomic mass is 32.2. The largest absolute Gasteiger partial charge is 0.482 e. The summed E-state index contributed by atoms with van der Waals surface area (Å²) in [6.07, 6.45) is 15.1. The average molecular weight is 716 g/mol. The second kappa shape index (κ2) is 18.9. The lowest BCUT2D eigenvalue weighted by atomic mass is 9.74. The first-order valence-electron chi connectivity index (χ1n) is 19.5. The SMILES string of the molecule is CCC(CC)(OC(=O)COc1cccc([S+](c2ccccc2)c2cccc(OCC(=O)OC(CC)(CC)C3CCCCC3)c2)c1)C1CCCCC1. The molecular weight excluding hydrogens is 657 g/mol. The van der Waals surface area contributed by atoms with Crippen LogP contribution in [-0.2, 0) is 30.0 Å². The third-order valence-corrected chi connectivity index (χ3v) is 13.7. The van der Waals surface area contributed by atoms with Crippen LogP contribution in [0.25, 0.3) is 0 Å². The molecule has 0 unspecified atom stereocenters. The maximum atomic E-state index is 13.2. The predicted molar refractivity (Wildman–Crippen MR) is 204 cm³/mol. The van der Waals surface area contributed by atoms with Gasteiger partial charge in [-0.05, 0) is 99.6 Å². The first-order chi connectivity index (χ1) is 24.8. The van der Waals surface area contributed by atoms with Crippen molar-refractivity contribution in [3.05, 3.63) is 78.9 Å². The van der Waals surface area contributed by atoms with Crippen LogP contribution in [0.1, 0.15) is 118 Å². The van der Waals surface area contributed by atoms with Crippen LogP contribution < -0.4 is 9.47 Å². The molecule has 6 nitrogen and oxygen atoms in total. The Kier molecular flexibility index (Phi) is 14.3. The van der Waals surface area contributed by atoms with Crippen molar-refractivity contribution < 1.29 is 28.5 Å². The smallest absolute Gasteiger partial charge is 0.344 e. The van der Waals surface area contributed by atoms with Crippen LogP contribution in [0.3, 0.4) is 0 Å². The first kappa shape index (κ1) is 38.8. The van der Waals surface area contributed by atoms with Crippen molar-refractivity contribution in [2.75, 3.05) is 13.2 Å². The summed E-state index contributed by atoms with van der Waals surface area (Å²) in [7, 11) is -0.500. The Hall–Kier alpha value is -3.45. The molecule has 51 heavy (non-hydrogen) atoms. The monoisotopic (exact) mass is 715 g/mol. The van der Waals surface area contributed by atoms with Crippen LogP contribution in [-0.4, -0.2) is 36.4 Å². The molecule has 0 bridgehead atoms. The molecule has 2 aliphatic carbocycles. The molecule has 0 atom stereocenters. The van der Waals surface area contributed by atoms with E-state index in [1.807, 2.05) is 54.6 Å². The lowest BCUT2D eigenvalue weighted by molar-refractivity contribution is -0.172. The Labute approximate surface area is 309 Å². The fourth-order valence-electron chi connectivity index (χ4n) is 8.51. The minimum absolute atomic E-state index is 0.130. The minimum atomic E-state index is -0.500. The molecule has 0 saturated heterocycles. The number of carbonyl (C=O) groups excluding carboxylic acids is 2. The summed E-state index contributed by atoms with van der Waals surface area (Å²) in [6.45, 7) is 8.27. The van der Waals surface area contributed by atoms with Crippen molar-refractivity contribution in [2.24, 2.45) is 11.8 Å². The van der Waals surface area contributed by atoms with Gasteiger partial charge >= 0.3 is 11.9 Å². The zero-order chi connectivity index (χ0) is 36.1. The number of hydrogen-bond acceptors (Lipinski definition) is 6. The standard InChI is InChI=1S/C44H59O6S/c1-5-43(6-2,34-20-12-9-13-21-34)49-41(45)32-47-36-24-18-28-39(30-36)51(38-26-16-11-17-27-38)40-29-19-25-37(31-40)48-33-42(46)50-44(7-3,8-4)35-22-14-10-15-23-35/h11,16-19,24-31,34-35H,5-10,12-15,20-23,32-33H2,1-4H3/q+1. The van der Waals surface area contributed by atoms with Crippen molar-refractivity contribution in [3.63, 3.8) is 0 Å². The Bertz CT molecular complexity index is 1420. The van der Waals surface area contributed by atoms with Gasteiger partial charge in [0.25, 0.3) is 0 Å². The molecule has 3 aromatic rings. The summed E-state index contributed by atoms with van der Waals surface area (Å²) >= 11 is 0. The fraction of sp³-hybridized carbons (Fsp3) is 0.545. The van der Waals surface area contributed by atoms with Gasteiger partial charge in [-0.15, -0.1) is 0 Å². The molecule has 276 valence electrons. The molecule has 5 rings (SSSR count). The van der Waals surface area contributed by atoms with Crippen molar-refractivity contribution in [2.45, 2.75) is 143 Å². The third-order valence-electron chi connectivity index (χ3n) is 11.5. The van der Waals surface area contributed by atoms with E-state index in [1.165, 1.54) is 38.5 Å². The van der Waals surface area contributed by atoms with Gasteiger partial charge in [0, 0.05) is 12.1 Å². The number of hydrogen-bond donors (Lipinski definition) is 0. The average Bonchev–Trinajstić information content (AvgIpc) is 3.19. The molecule has 0 heterocycles.